The van der Waals surface area contributed by atoms with E-state index in [4.69, 9.17) is 0 Å². The highest BCUT2D eigenvalue weighted by atomic mass is 32.2. The lowest BCUT2D eigenvalue weighted by atomic mass is 10.1. The first-order chi connectivity index (χ1) is 6.08. The fraction of sp³-hybridized carbons (Fsp3) is 1.00. The molecule has 1 N–H and O–H groups in total. The van der Waals surface area contributed by atoms with Crippen molar-refractivity contribution in [2.75, 3.05) is 25.1 Å². The van der Waals surface area contributed by atoms with Crippen LogP contribution in [0.4, 0.5) is 0 Å². The SMILES string of the molecule is CS(=O)(=O)CCNCC1CCCC1. The van der Waals surface area contributed by atoms with Crippen LogP contribution in [0.2, 0.25) is 0 Å². The van der Waals surface area contributed by atoms with E-state index in [-0.39, 0.29) is 5.75 Å². The maximum Gasteiger partial charge on any atom is 0.148 e. The van der Waals surface area contributed by atoms with Gasteiger partial charge in [-0.1, -0.05) is 12.8 Å². The molecule has 0 radical (unpaired) electrons. The maximum atomic E-state index is 10.8. The average molecular weight is 205 g/mol. The van der Waals surface area contributed by atoms with Crippen molar-refractivity contribution in [2.24, 2.45) is 5.92 Å². The van der Waals surface area contributed by atoms with Gasteiger partial charge in [0.25, 0.3) is 0 Å². The molecule has 0 atom stereocenters. The molecule has 1 rings (SSSR count). The van der Waals surface area contributed by atoms with Crippen LogP contribution < -0.4 is 5.32 Å². The zero-order valence-electron chi connectivity index (χ0n) is 8.25. The maximum absolute atomic E-state index is 10.8. The number of sulfone groups is 1. The first-order valence-corrected chi connectivity index (χ1v) is 7.02. The van der Waals surface area contributed by atoms with Crippen molar-refractivity contribution in [1.82, 2.24) is 5.32 Å². The third-order valence-corrected chi connectivity index (χ3v) is 3.50. The average Bonchev–Trinajstić information content (AvgIpc) is 2.48. The monoisotopic (exact) mass is 205 g/mol. The molecule has 0 aliphatic heterocycles. The van der Waals surface area contributed by atoms with Gasteiger partial charge in [0, 0.05) is 12.8 Å². The Bertz CT molecular complexity index is 230. The summed E-state index contributed by atoms with van der Waals surface area (Å²) in [6.45, 7) is 1.60. The Morgan fingerprint density at radius 2 is 1.92 bits per heavy atom. The molecule has 0 aromatic heterocycles. The molecule has 0 heterocycles. The summed E-state index contributed by atoms with van der Waals surface area (Å²) >= 11 is 0. The van der Waals surface area contributed by atoms with E-state index >= 15 is 0 Å². The number of hydrogen-bond acceptors (Lipinski definition) is 3. The highest BCUT2D eigenvalue weighted by molar-refractivity contribution is 7.90. The smallest absolute Gasteiger partial charge is 0.148 e. The molecule has 13 heavy (non-hydrogen) atoms. The summed E-state index contributed by atoms with van der Waals surface area (Å²) in [7, 11) is -2.78. The Morgan fingerprint density at radius 3 is 2.46 bits per heavy atom. The molecule has 0 saturated heterocycles. The summed E-state index contributed by atoms with van der Waals surface area (Å²) in [5.41, 5.74) is 0. The van der Waals surface area contributed by atoms with Crippen molar-refractivity contribution in [1.29, 1.82) is 0 Å². The van der Waals surface area contributed by atoms with Gasteiger partial charge in [0.15, 0.2) is 0 Å². The highest BCUT2D eigenvalue weighted by Crippen LogP contribution is 2.23. The molecule has 0 bridgehead atoms. The molecule has 0 amide bonds. The van der Waals surface area contributed by atoms with Gasteiger partial charge in [0.2, 0.25) is 0 Å². The number of nitrogens with one attached hydrogen (secondary N) is 1. The first kappa shape index (κ1) is 11.0. The van der Waals surface area contributed by atoms with Gasteiger partial charge >= 0.3 is 0 Å². The van der Waals surface area contributed by atoms with Crippen molar-refractivity contribution >= 4 is 9.84 Å². The topological polar surface area (TPSA) is 46.2 Å². The molecule has 1 aliphatic rings. The van der Waals surface area contributed by atoms with E-state index in [2.05, 4.69) is 5.32 Å². The van der Waals surface area contributed by atoms with Crippen LogP contribution in [0, 0.1) is 5.92 Å². The van der Waals surface area contributed by atoms with Crippen LogP contribution in [0.1, 0.15) is 25.7 Å². The zero-order valence-corrected chi connectivity index (χ0v) is 9.07. The fourth-order valence-corrected chi connectivity index (χ4v) is 2.29. The summed E-state index contributed by atoms with van der Waals surface area (Å²) in [5.74, 6) is 1.05. The van der Waals surface area contributed by atoms with Gasteiger partial charge in [-0.05, 0) is 25.3 Å². The van der Waals surface area contributed by atoms with Gasteiger partial charge in [-0.2, -0.15) is 0 Å². The molecular formula is C9H19NO2S. The van der Waals surface area contributed by atoms with E-state index in [0.717, 1.165) is 12.5 Å². The molecule has 0 spiro atoms. The minimum Gasteiger partial charge on any atom is -0.315 e. The van der Waals surface area contributed by atoms with Gasteiger partial charge in [0.1, 0.15) is 9.84 Å². The lowest BCUT2D eigenvalue weighted by molar-refractivity contribution is 0.497. The van der Waals surface area contributed by atoms with Gasteiger partial charge in [-0.3, -0.25) is 0 Å². The van der Waals surface area contributed by atoms with Crippen molar-refractivity contribution < 1.29 is 8.42 Å². The Labute approximate surface area is 80.8 Å². The van der Waals surface area contributed by atoms with Crippen molar-refractivity contribution in [3.63, 3.8) is 0 Å². The third kappa shape index (κ3) is 5.26. The largest absolute Gasteiger partial charge is 0.315 e. The second kappa shape index (κ2) is 4.96. The lowest BCUT2D eigenvalue weighted by Gasteiger charge is -2.09. The van der Waals surface area contributed by atoms with Crippen molar-refractivity contribution in [2.45, 2.75) is 25.7 Å². The van der Waals surface area contributed by atoms with Gasteiger partial charge in [0.05, 0.1) is 5.75 Å². The Kier molecular flexibility index (Phi) is 4.19. The Morgan fingerprint density at radius 1 is 1.31 bits per heavy atom. The van der Waals surface area contributed by atoms with E-state index in [1.807, 2.05) is 0 Å². The van der Waals surface area contributed by atoms with E-state index < -0.39 is 9.84 Å². The summed E-state index contributed by atoms with van der Waals surface area (Å²) in [5, 5.41) is 3.20. The predicted molar refractivity (Wildman–Crippen MR) is 54.5 cm³/mol. The van der Waals surface area contributed by atoms with Crippen LogP contribution in [-0.4, -0.2) is 33.5 Å². The third-order valence-electron chi connectivity index (χ3n) is 2.56. The first-order valence-electron chi connectivity index (χ1n) is 4.96. The minimum atomic E-state index is -2.78. The normalized spacial score (nSPS) is 19.5. The second-order valence-electron chi connectivity index (χ2n) is 3.98. The lowest BCUT2D eigenvalue weighted by Crippen LogP contribution is -2.26. The molecule has 1 fully saturated rings. The fourth-order valence-electron chi connectivity index (χ4n) is 1.78. The summed E-state index contributed by atoms with van der Waals surface area (Å²) in [6, 6.07) is 0. The summed E-state index contributed by atoms with van der Waals surface area (Å²) < 4.78 is 21.6. The van der Waals surface area contributed by atoms with Gasteiger partial charge in [-0.25, -0.2) is 8.42 Å². The molecule has 0 aromatic rings. The molecular weight excluding hydrogens is 186 g/mol. The Hall–Kier alpha value is -0.0900. The summed E-state index contributed by atoms with van der Waals surface area (Å²) in [6.07, 6.45) is 6.60. The predicted octanol–water partition coefficient (Wildman–Crippen LogP) is 0.811. The van der Waals surface area contributed by atoms with E-state index in [9.17, 15) is 8.42 Å². The number of rotatable bonds is 5. The standard InChI is InChI=1S/C9H19NO2S/c1-13(11,12)7-6-10-8-9-4-2-3-5-9/h9-10H,2-8H2,1H3. The van der Waals surface area contributed by atoms with Crippen molar-refractivity contribution in [3.8, 4) is 0 Å². The molecule has 1 aliphatic carbocycles. The van der Waals surface area contributed by atoms with Crippen LogP contribution in [0.5, 0.6) is 0 Å². The Balaban J connectivity index is 2.01. The van der Waals surface area contributed by atoms with Crippen LogP contribution in [-0.2, 0) is 9.84 Å². The molecule has 0 aromatic carbocycles. The molecule has 1 saturated carbocycles. The molecule has 0 unspecified atom stereocenters. The quantitative estimate of drug-likeness (QED) is 0.676. The van der Waals surface area contributed by atoms with Crippen molar-refractivity contribution in [3.05, 3.63) is 0 Å². The van der Waals surface area contributed by atoms with Gasteiger partial charge < -0.3 is 5.32 Å². The molecule has 4 heteroatoms. The van der Waals surface area contributed by atoms with E-state index in [1.165, 1.54) is 31.9 Å². The van der Waals surface area contributed by atoms with Gasteiger partial charge in [-0.15, -0.1) is 0 Å². The van der Waals surface area contributed by atoms with Crippen LogP contribution in [0.3, 0.4) is 0 Å². The van der Waals surface area contributed by atoms with E-state index in [0.29, 0.717) is 6.54 Å². The van der Waals surface area contributed by atoms with Crippen LogP contribution in [0.25, 0.3) is 0 Å². The zero-order chi connectivity index (χ0) is 9.73. The number of hydrogen-bond donors (Lipinski definition) is 1. The molecule has 78 valence electrons. The van der Waals surface area contributed by atoms with Crippen LogP contribution >= 0.6 is 0 Å². The molecule has 3 nitrogen and oxygen atoms in total. The van der Waals surface area contributed by atoms with Crippen LogP contribution in [0.15, 0.2) is 0 Å². The summed E-state index contributed by atoms with van der Waals surface area (Å²) in [4.78, 5) is 0. The minimum absolute atomic E-state index is 0.264. The van der Waals surface area contributed by atoms with E-state index in [1.54, 1.807) is 0 Å². The highest BCUT2D eigenvalue weighted by Gasteiger charge is 2.14. The second-order valence-corrected chi connectivity index (χ2v) is 6.24.